The van der Waals surface area contributed by atoms with Crippen molar-refractivity contribution in [2.24, 2.45) is 0 Å². The van der Waals surface area contributed by atoms with Gasteiger partial charge in [-0.05, 0) is 36.8 Å². The molecule has 0 unspecified atom stereocenters. The van der Waals surface area contributed by atoms with Gasteiger partial charge in [0.1, 0.15) is 11.5 Å². The molecule has 2 aromatic rings. The van der Waals surface area contributed by atoms with Gasteiger partial charge >= 0.3 is 0 Å². The number of hydrogen-bond acceptors (Lipinski definition) is 4. The Hall–Kier alpha value is -3.02. The summed E-state index contributed by atoms with van der Waals surface area (Å²) in [7, 11) is 3.17. The summed E-state index contributed by atoms with van der Waals surface area (Å²) in [5.74, 6) is 0.825. The number of carbonyl (C=O) groups is 2. The molecule has 0 fully saturated rings. The summed E-state index contributed by atoms with van der Waals surface area (Å²) in [6.07, 6.45) is 0. The van der Waals surface area contributed by atoms with Crippen LogP contribution in [0, 0.1) is 6.92 Å². The van der Waals surface area contributed by atoms with Crippen molar-refractivity contribution in [2.75, 3.05) is 20.8 Å². The third-order valence-corrected chi connectivity index (χ3v) is 3.72. The van der Waals surface area contributed by atoms with Crippen molar-refractivity contribution in [1.82, 2.24) is 10.6 Å². The lowest BCUT2D eigenvalue weighted by molar-refractivity contribution is -0.120. The van der Waals surface area contributed by atoms with Crippen LogP contribution in [0.1, 0.15) is 21.5 Å². The van der Waals surface area contributed by atoms with Gasteiger partial charge in [-0.1, -0.05) is 18.2 Å². The van der Waals surface area contributed by atoms with Gasteiger partial charge in [-0.2, -0.15) is 0 Å². The lowest BCUT2D eigenvalue weighted by Gasteiger charge is -2.14. The van der Waals surface area contributed by atoms with E-state index in [-0.39, 0.29) is 24.9 Å². The van der Waals surface area contributed by atoms with E-state index in [0.717, 1.165) is 16.9 Å². The molecule has 0 saturated heterocycles. The summed E-state index contributed by atoms with van der Waals surface area (Å²) < 4.78 is 10.6. The molecule has 0 radical (unpaired) electrons. The van der Waals surface area contributed by atoms with E-state index in [2.05, 4.69) is 10.6 Å². The molecule has 0 aliphatic heterocycles. The molecule has 0 atom stereocenters. The number of nitrogens with one attached hydrogen (secondary N) is 2. The van der Waals surface area contributed by atoms with E-state index >= 15 is 0 Å². The van der Waals surface area contributed by atoms with Gasteiger partial charge in [0.15, 0.2) is 0 Å². The number of aryl methyl sites for hydroxylation is 1. The van der Waals surface area contributed by atoms with Crippen molar-refractivity contribution in [3.63, 3.8) is 0 Å². The predicted octanol–water partition coefficient (Wildman–Crippen LogP) is 2.06. The Balaban J connectivity index is 1.91. The fourth-order valence-corrected chi connectivity index (χ4v) is 2.36. The quantitative estimate of drug-likeness (QED) is 0.807. The molecule has 6 heteroatoms. The van der Waals surface area contributed by atoms with Crippen LogP contribution >= 0.6 is 0 Å². The second-order valence-corrected chi connectivity index (χ2v) is 5.46. The Morgan fingerprint density at radius 3 is 2.28 bits per heavy atom. The smallest absolute Gasteiger partial charge is 0.251 e. The zero-order valence-corrected chi connectivity index (χ0v) is 14.6. The highest BCUT2D eigenvalue weighted by Gasteiger charge is 2.11. The van der Waals surface area contributed by atoms with Crippen molar-refractivity contribution in [2.45, 2.75) is 13.5 Å². The molecule has 0 heterocycles. The number of hydrogen-bond donors (Lipinski definition) is 2. The van der Waals surface area contributed by atoms with Crippen LogP contribution in [0.15, 0.2) is 42.5 Å². The highest BCUT2D eigenvalue weighted by atomic mass is 16.5. The fourth-order valence-electron chi connectivity index (χ4n) is 2.36. The molecule has 0 saturated carbocycles. The summed E-state index contributed by atoms with van der Waals surface area (Å²) >= 11 is 0. The van der Waals surface area contributed by atoms with Gasteiger partial charge in [-0.25, -0.2) is 0 Å². The summed E-state index contributed by atoms with van der Waals surface area (Å²) in [4.78, 5) is 23.9. The average molecular weight is 342 g/mol. The third-order valence-electron chi connectivity index (χ3n) is 3.72. The van der Waals surface area contributed by atoms with E-state index < -0.39 is 0 Å². The third kappa shape index (κ3) is 4.97. The molecule has 25 heavy (non-hydrogen) atoms. The van der Waals surface area contributed by atoms with Crippen LogP contribution in [0.2, 0.25) is 0 Å². The van der Waals surface area contributed by atoms with Crippen LogP contribution in [0.25, 0.3) is 0 Å². The number of ether oxygens (including phenoxy) is 2. The van der Waals surface area contributed by atoms with Crippen LogP contribution in [0.4, 0.5) is 0 Å². The lowest BCUT2D eigenvalue weighted by Crippen LogP contribution is -2.36. The number of amides is 2. The number of methoxy groups -OCH3 is 2. The SMILES string of the molecule is COc1cc(CNC(=O)CNC(=O)c2ccccc2)c(OC)cc1C. The second-order valence-electron chi connectivity index (χ2n) is 5.46. The minimum atomic E-state index is -0.287. The molecule has 2 rings (SSSR count). The first-order valence-corrected chi connectivity index (χ1v) is 7.86. The molecule has 6 nitrogen and oxygen atoms in total. The van der Waals surface area contributed by atoms with Crippen molar-refractivity contribution in [3.8, 4) is 11.5 Å². The van der Waals surface area contributed by atoms with Gasteiger partial charge in [0.2, 0.25) is 5.91 Å². The molecule has 0 aliphatic rings. The number of rotatable bonds is 7. The molecule has 0 aromatic heterocycles. The van der Waals surface area contributed by atoms with Crippen molar-refractivity contribution in [1.29, 1.82) is 0 Å². The fraction of sp³-hybridized carbons (Fsp3) is 0.263. The monoisotopic (exact) mass is 342 g/mol. The topological polar surface area (TPSA) is 76.7 Å². The van der Waals surface area contributed by atoms with Gasteiger partial charge in [0.05, 0.1) is 20.8 Å². The Kier molecular flexibility index (Phi) is 6.39. The van der Waals surface area contributed by atoms with Gasteiger partial charge in [-0.15, -0.1) is 0 Å². The van der Waals surface area contributed by atoms with E-state index in [0.29, 0.717) is 11.3 Å². The highest BCUT2D eigenvalue weighted by Crippen LogP contribution is 2.28. The Morgan fingerprint density at radius 1 is 0.960 bits per heavy atom. The maximum Gasteiger partial charge on any atom is 0.251 e. The molecular formula is C19H22N2O4. The minimum Gasteiger partial charge on any atom is -0.496 e. The van der Waals surface area contributed by atoms with Crippen LogP contribution in [0.3, 0.4) is 0 Å². The first kappa shape index (κ1) is 18.3. The van der Waals surface area contributed by atoms with Gasteiger partial charge in [-0.3, -0.25) is 9.59 Å². The van der Waals surface area contributed by atoms with E-state index in [9.17, 15) is 9.59 Å². The first-order valence-electron chi connectivity index (χ1n) is 7.86. The zero-order valence-electron chi connectivity index (χ0n) is 14.6. The Labute approximate surface area is 147 Å². The number of benzene rings is 2. The van der Waals surface area contributed by atoms with E-state index in [4.69, 9.17) is 9.47 Å². The molecular weight excluding hydrogens is 320 g/mol. The summed E-state index contributed by atoms with van der Waals surface area (Å²) in [6, 6.07) is 12.4. The van der Waals surface area contributed by atoms with Crippen molar-refractivity contribution < 1.29 is 19.1 Å². The second kappa shape index (κ2) is 8.73. The Bertz CT molecular complexity index is 745. The van der Waals surface area contributed by atoms with Gasteiger partial charge in [0, 0.05) is 17.7 Å². The summed E-state index contributed by atoms with van der Waals surface area (Å²) in [5, 5.41) is 5.35. The maximum atomic E-state index is 12.0. The van der Waals surface area contributed by atoms with E-state index in [1.165, 1.54) is 0 Å². The van der Waals surface area contributed by atoms with Gasteiger partial charge < -0.3 is 20.1 Å². The van der Waals surface area contributed by atoms with Crippen LogP contribution in [0.5, 0.6) is 11.5 Å². The Morgan fingerprint density at radius 2 is 1.64 bits per heavy atom. The largest absolute Gasteiger partial charge is 0.496 e. The molecule has 2 amide bonds. The average Bonchev–Trinajstić information content (AvgIpc) is 2.65. The van der Waals surface area contributed by atoms with Crippen molar-refractivity contribution in [3.05, 3.63) is 59.2 Å². The molecule has 2 N–H and O–H groups in total. The molecule has 2 aromatic carbocycles. The zero-order chi connectivity index (χ0) is 18.2. The lowest BCUT2D eigenvalue weighted by atomic mass is 10.1. The van der Waals surface area contributed by atoms with E-state index in [1.54, 1.807) is 38.5 Å². The minimum absolute atomic E-state index is 0.0982. The van der Waals surface area contributed by atoms with Crippen molar-refractivity contribution >= 4 is 11.8 Å². The number of carbonyl (C=O) groups excluding carboxylic acids is 2. The standard InChI is InChI=1S/C19H22N2O4/c1-13-9-17(25-3)15(10-16(13)24-2)11-20-18(22)12-21-19(23)14-7-5-4-6-8-14/h4-10H,11-12H2,1-3H3,(H,20,22)(H,21,23). The van der Waals surface area contributed by atoms with Crippen LogP contribution in [-0.2, 0) is 11.3 Å². The maximum absolute atomic E-state index is 12.0. The van der Waals surface area contributed by atoms with Crippen LogP contribution in [-0.4, -0.2) is 32.6 Å². The molecule has 0 aliphatic carbocycles. The van der Waals surface area contributed by atoms with Gasteiger partial charge in [0.25, 0.3) is 5.91 Å². The molecule has 0 spiro atoms. The first-order chi connectivity index (χ1) is 12.0. The summed E-state index contributed by atoms with van der Waals surface area (Å²) in [6.45, 7) is 2.10. The summed E-state index contributed by atoms with van der Waals surface area (Å²) in [5.41, 5.74) is 2.26. The normalized spacial score (nSPS) is 10.0. The molecule has 132 valence electrons. The van der Waals surface area contributed by atoms with E-state index in [1.807, 2.05) is 25.1 Å². The predicted molar refractivity (Wildman–Crippen MR) is 94.9 cm³/mol. The van der Waals surface area contributed by atoms with Crippen LogP contribution < -0.4 is 20.1 Å². The molecule has 0 bridgehead atoms. The highest BCUT2D eigenvalue weighted by molar-refractivity contribution is 5.96.